The average molecular weight is 808 g/mol. The Kier molecular flexibility index (Phi) is 9.44. The molecule has 62 heavy (non-hydrogen) atoms. The van der Waals surface area contributed by atoms with Crippen molar-refractivity contribution in [2.45, 2.75) is 91.4 Å². The van der Waals surface area contributed by atoms with E-state index in [2.05, 4.69) is 241 Å². The first-order chi connectivity index (χ1) is 29.7. The van der Waals surface area contributed by atoms with Gasteiger partial charge in [0, 0.05) is 45.3 Å². The lowest BCUT2D eigenvalue weighted by atomic mass is 9.34. The molecule has 10 rings (SSSR count). The van der Waals surface area contributed by atoms with E-state index < -0.39 is 0 Å². The normalized spacial score (nSPS) is 14.7. The summed E-state index contributed by atoms with van der Waals surface area (Å²) in [5, 5.41) is 0. The number of hydrogen-bond donors (Lipinski definition) is 0. The van der Waals surface area contributed by atoms with Crippen molar-refractivity contribution in [3.63, 3.8) is 0 Å². The minimum atomic E-state index is -0.122. The van der Waals surface area contributed by atoms with E-state index in [9.17, 15) is 0 Å². The number of allylic oxidation sites excluding steroid dienone is 4. The molecule has 1 aliphatic carbocycles. The Bertz CT molecular complexity index is 2880. The van der Waals surface area contributed by atoms with Crippen LogP contribution in [0.25, 0.3) is 22.4 Å². The van der Waals surface area contributed by atoms with Crippen molar-refractivity contribution in [1.82, 2.24) is 4.57 Å². The molecule has 0 saturated carbocycles. The molecule has 0 N–H and O–H groups in total. The van der Waals surface area contributed by atoms with Gasteiger partial charge in [0.15, 0.2) is 0 Å². The summed E-state index contributed by atoms with van der Waals surface area (Å²) in [4.78, 5) is 5.19. The molecule has 0 unspecified atom stereocenters. The van der Waals surface area contributed by atoms with Gasteiger partial charge in [0.1, 0.15) is 0 Å². The summed E-state index contributed by atoms with van der Waals surface area (Å²) in [6, 6.07) is 55.3. The van der Waals surface area contributed by atoms with E-state index in [1.807, 2.05) is 0 Å². The molecule has 3 heterocycles. The first-order valence-electron chi connectivity index (χ1n) is 22.6. The lowest BCUT2D eigenvalue weighted by molar-refractivity contribution is 0.590. The zero-order valence-electron chi connectivity index (χ0n) is 37.9. The number of aromatic nitrogens is 1. The third kappa shape index (κ3) is 6.58. The molecule has 0 radical (unpaired) electrons. The Morgan fingerprint density at radius 1 is 0.484 bits per heavy atom. The molecule has 0 atom stereocenters. The summed E-state index contributed by atoms with van der Waals surface area (Å²) in [6.07, 6.45) is 9.25. The molecule has 2 aliphatic heterocycles. The summed E-state index contributed by atoms with van der Waals surface area (Å²) in [6.45, 7) is 20.8. The Balaban J connectivity index is 1.40. The monoisotopic (exact) mass is 807 g/mol. The average Bonchev–Trinajstić information content (AvgIpc) is 3.62. The van der Waals surface area contributed by atoms with Crippen molar-refractivity contribution in [2.24, 2.45) is 0 Å². The number of anilines is 6. The van der Waals surface area contributed by atoms with E-state index in [-0.39, 0.29) is 23.0 Å². The Labute approximate surface area is 370 Å². The van der Waals surface area contributed by atoms with Gasteiger partial charge in [0.05, 0.1) is 11.4 Å². The predicted molar refractivity (Wildman–Crippen MR) is 268 cm³/mol. The van der Waals surface area contributed by atoms with Crippen LogP contribution in [0.5, 0.6) is 0 Å². The molecule has 6 aromatic carbocycles. The first-order valence-corrected chi connectivity index (χ1v) is 22.6. The highest BCUT2D eigenvalue weighted by atomic mass is 15.2. The minimum absolute atomic E-state index is 0.0214. The molecule has 0 spiro atoms. The number of hydrogen-bond acceptors (Lipinski definition) is 2. The Morgan fingerprint density at radius 3 is 1.58 bits per heavy atom. The van der Waals surface area contributed by atoms with Gasteiger partial charge in [0.25, 0.3) is 6.71 Å². The lowest BCUT2D eigenvalue weighted by Gasteiger charge is -2.45. The molecular weight excluding hydrogens is 749 g/mol. The summed E-state index contributed by atoms with van der Waals surface area (Å²) in [7, 11) is 0. The smallest absolute Gasteiger partial charge is 0.273 e. The highest BCUT2D eigenvalue weighted by Gasteiger charge is 2.48. The summed E-state index contributed by atoms with van der Waals surface area (Å²) < 4.78 is 2.63. The van der Waals surface area contributed by atoms with Crippen molar-refractivity contribution in [2.75, 3.05) is 9.80 Å². The van der Waals surface area contributed by atoms with Gasteiger partial charge in [0.2, 0.25) is 0 Å². The molecule has 7 aromatic rings. The minimum Gasteiger partial charge on any atom is -0.319 e. The van der Waals surface area contributed by atoms with Gasteiger partial charge in [-0.25, -0.2) is 0 Å². The molecular formula is C58H58BN3. The number of para-hydroxylation sites is 2. The van der Waals surface area contributed by atoms with E-state index in [0.29, 0.717) is 0 Å². The van der Waals surface area contributed by atoms with E-state index in [1.165, 1.54) is 84.0 Å². The number of nitrogens with zero attached hydrogens (tertiary/aromatic N) is 3. The number of benzene rings is 6. The zero-order valence-corrected chi connectivity index (χ0v) is 37.9. The molecule has 0 bridgehead atoms. The van der Waals surface area contributed by atoms with Crippen LogP contribution in [0.1, 0.15) is 97.5 Å². The largest absolute Gasteiger partial charge is 0.319 e. The topological polar surface area (TPSA) is 11.4 Å². The second-order valence-corrected chi connectivity index (χ2v) is 20.6. The number of rotatable bonds is 5. The predicted octanol–water partition coefficient (Wildman–Crippen LogP) is 13.9. The van der Waals surface area contributed by atoms with E-state index in [1.54, 1.807) is 0 Å². The molecule has 0 saturated heterocycles. The maximum absolute atomic E-state index is 2.64. The van der Waals surface area contributed by atoms with Crippen molar-refractivity contribution in [3.8, 4) is 16.8 Å². The van der Waals surface area contributed by atoms with Crippen molar-refractivity contribution in [3.05, 3.63) is 186 Å². The van der Waals surface area contributed by atoms with Crippen LogP contribution in [0.4, 0.5) is 34.1 Å². The highest BCUT2D eigenvalue weighted by molar-refractivity contribution is 7.00. The lowest BCUT2D eigenvalue weighted by Crippen LogP contribution is -2.63. The fourth-order valence-corrected chi connectivity index (χ4v) is 9.97. The third-order valence-electron chi connectivity index (χ3n) is 13.3. The molecule has 3 nitrogen and oxygen atoms in total. The fraction of sp³-hybridized carbons (Fsp3) is 0.241. The van der Waals surface area contributed by atoms with Crippen molar-refractivity contribution >= 4 is 62.9 Å². The molecule has 3 aliphatic rings. The molecule has 0 amide bonds. The van der Waals surface area contributed by atoms with Gasteiger partial charge < -0.3 is 14.4 Å². The van der Waals surface area contributed by atoms with E-state index in [4.69, 9.17) is 0 Å². The van der Waals surface area contributed by atoms with Crippen LogP contribution in [0.15, 0.2) is 164 Å². The van der Waals surface area contributed by atoms with Gasteiger partial charge in [-0.2, -0.15) is 0 Å². The van der Waals surface area contributed by atoms with Gasteiger partial charge in [-0.1, -0.05) is 172 Å². The van der Waals surface area contributed by atoms with Crippen LogP contribution in [0.2, 0.25) is 0 Å². The maximum atomic E-state index is 2.64. The summed E-state index contributed by atoms with van der Waals surface area (Å²) in [5.41, 5.74) is 21.2. The Hall–Kier alpha value is -6.26. The SMILES string of the molecule is CC(C)(C)c1ccc(N2c3ccccc3B3c4c2cc(C(C)(C)C)cc4N(c2ccc(C(C)(C)C)cc2)c2c(-c4ccccc4)c(C4=CCCC=C4)n(-c4ccccc4)c23)cc1. The van der Waals surface area contributed by atoms with Crippen LogP contribution in [0.3, 0.4) is 0 Å². The molecule has 1 aromatic heterocycles. The molecule has 0 fully saturated rings. The van der Waals surface area contributed by atoms with Crippen LogP contribution in [0, 0.1) is 0 Å². The van der Waals surface area contributed by atoms with Crippen LogP contribution < -0.4 is 26.3 Å². The van der Waals surface area contributed by atoms with Gasteiger partial charge in [-0.05, 0) is 122 Å². The molecule has 4 heteroatoms. The summed E-state index contributed by atoms with van der Waals surface area (Å²) in [5.74, 6) is 0. The van der Waals surface area contributed by atoms with Gasteiger partial charge in [-0.15, -0.1) is 0 Å². The van der Waals surface area contributed by atoms with Gasteiger partial charge in [-0.3, -0.25) is 0 Å². The van der Waals surface area contributed by atoms with E-state index >= 15 is 0 Å². The first kappa shape index (κ1) is 39.9. The zero-order chi connectivity index (χ0) is 43.1. The third-order valence-corrected chi connectivity index (χ3v) is 13.3. The summed E-state index contributed by atoms with van der Waals surface area (Å²) >= 11 is 0. The number of fused-ring (bicyclic) bond motifs is 4. The van der Waals surface area contributed by atoms with Crippen molar-refractivity contribution < 1.29 is 0 Å². The fourth-order valence-electron chi connectivity index (χ4n) is 9.97. The van der Waals surface area contributed by atoms with Crippen LogP contribution in [-0.2, 0) is 16.2 Å². The quantitative estimate of drug-likeness (QED) is 0.161. The van der Waals surface area contributed by atoms with Crippen LogP contribution in [-0.4, -0.2) is 11.3 Å². The van der Waals surface area contributed by atoms with Gasteiger partial charge >= 0.3 is 0 Å². The van der Waals surface area contributed by atoms with Crippen LogP contribution >= 0.6 is 0 Å². The standard InChI is InChI=1S/C58H58BN3/c1-56(2,3)41-29-33-45(34-30-41)60-48-28-20-19-27-47(48)59-52-49(60)37-43(58(7,8)9)38-50(52)61(46-35-31-42(32-36-46)57(4,5)6)54-51(39-21-13-10-14-22-39)53(40-23-15-11-16-24-40)62(55(54)59)44-25-17-12-18-26-44/h10,12-15,17-38H,11,16H2,1-9H3. The highest BCUT2D eigenvalue weighted by Crippen LogP contribution is 2.51. The Morgan fingerprint density at radius 2 is 1.02 bits per heavy atom. The second-order valence-electron chi connectivity index (χ2n) is 20.6. The second kappa shape index (κ2) is 14.7. The molecule has 308 valence electrons. The van der Waals surface area contributed by atoms with Crippen molar-refractivity contribution in [1.29, 1.82) is 0 Å². The maximum Gasteiger partial charge on any atom is 0.273 e. The van der Waals surface area contributed by atoms with E-state index in [0.717, 1.165) is 24.2 Å².